The lowest BCUT2D eigenvalue weighted by Gasteiger charge is -2.14. The molecule has 2 aromatic rings. The first-order chi connectivity index (χ1) is 12.4. The molecule has 6 nitrogen and oxygen atoms in total. The van der Waals surface area contributed by atoms with E-state index in [9.17, 15) is 9.59 Å². The van der Waals surface area contributed by atoms with Crippen LogP contribution in [-0.2, 0) is 4.79 Å². The van der Waals surface area contributed by atoms with E-state index in [-0.39, 0.29) is 12.7 Å². The molecule has 0 aliphatic heterocycles. The van der Waals surface area contributed by atoms with Crippen molar-refractivity contribution in [1.82, 2.24) is 10.9 Å². The van der Waals surface area contributed by atoms with Crippen molar-refractivity contribution in [2.75, 3.05) is 6.61 Å². The average Bonchev–Trinajstić information content (AvgIpc) is 2.60. The van der Waals surface area contributed by atoms with Gasteiger partial charge in [0.15, 0.2) is 6.61 Å². The number of hydrogen-bond donors (Lipinski definition) is 2. The maximum atomic E-state index is 12.3. The van der Waals surface area contributed by atoms with E-state index < -0.39 is 11.8 Å². The summed E-state index contributed by atoms with van der Waals surface area (Å²) in [6.07, 6.45) is -0.0682. The molecule has 138 valence electrons. The molecule has 0 aromatic heterocycles. The smallest absolute Gasteiger partial charge is 0.276 e. The van der Waals surface area contributed by atoms with Crippen LogP contribution in [-0.4, -0.2) is 24.5 Å². The summed E-state index contributed by atoms with van der Waals surface area (Å²) < 4.78 is 12.0. The summed E-state index contributed by atoms with van der Waals surface area (Å²) in [5, 5.41) is 0. The highest BCUT2D eigenvalue weighted by molar-refractivity contribution is 9.10. The van der Waals surface area contributed by atoms with Gasteiger partial charge in [0, 0.05) is 4.47 Å². The van der Waals surface area contributed by atoms with Crippen LogP contribution in [0.1, 0.15) is 29.8 Å². The Labute approximate surface area is 161 Å². The van der Waals surface area contributed by atoms with Crippen molar-refractivity contribution < 1.29 is 19.1 Å². The van der Waals surface area contributed by atoms with E-state index in [1.54, 1.807) is 30.3 Å². The number of carbonyl (C=O) groups excluding carboxylic acids is 2. The number of para-hydroxylation sites is 1. The van der Waals surface area contributed by atoms with Gasteiger partial charge in [-0.1, -0.05) is 28.1 Å². The van der Waals surface area contributed by atoms with Crippen LogP contribution < -0.4 is 20.3 Å². The largest absolute Gasteiger partial charge is 0.490 e. The number of nitrogens with one attached hydrogen (secondary N) is 2. The van der Waals surface area contributed by atoms with Crippen LogP contribution in [0.4, 0.5) is 0 Å². The monoisotopic (exact) mass is 420 g/mol. The maximum absolute atomic E-state index is 12.3. The molecule has 2 aromatic carbocycles. The zero-order valence-electron chi connectivity index (χ0n) is 14.8. The lowest BCUT2D eigenvalue weighted by molar-refractivity contribution is -0.123. The third kappa shape index (κ3) is 5.77. The Balaban J connectivity index is 1.87. The second kappa shape index (κ2) is 9.24. The van der Waals surface area contributed by atoms with E-state index in [1.807, 2.05) is 32.9 Å². The Morgan fingerprint density at radius 1 is 1.12 bits per heavy atom. The summed E-state index contributed by atoms with van der Waals surface area (Å²) in [6, 6.07) is 12.2. The summed E-state index contributed by atoms with van der Waals surface area (Å²) in [4.78, 5) is 24.1. The molecule has 0 heterocycles. The lowest BCUT2D eigenvalue weighted by atomic mass is 10.2. The molecule has 2 N–H and O–H groups in total. The highest BCUT2D eigenvalue weighted by Crippen LogP contribution is 2.21. The molecule has 0 saturated carbocycles. The highest BCUT2D eigenvalue weighted by atomic mass is 79.9. The van der Waals surface area contributed by atoms with Gasteiger partial charge >= 0.3 is 0 Å². The van der Waals surface area contributed by atoms with Crippen molar-refractivity contribution in [2.45, 2.75) is 26.9 Å². The van der Waals surface area contributed by atoms with E-state index in [1.165, 1.54) is 0 Å². The van der Waals surface area contributed by atoms with Gasteiger partial charge in [0.1, 0.15) is 11.5 Å². The quantitative estimate of drug-likeness (QED) is 0.702. The van der Waals surface area contributed by atoms with Crippen LogP contribution in [0.5, 0.6) is 11.5 Å². The third-order valence-corrected chi connectivity index (χ3v) is 4.20. The van der Waals surface area contributed by atoms with Gasteiger partial charge in [-0.2, -0.15) is 0 Å². The zero-order chi connectivity index (χ0) is 19.1. The van der Waals surface area contributed by atoms with Crippen molar-refractivity contribution >= 4 is 27.7 Å². The standard InChI is InChI=1S/C19H21BrN2O4/c1-12(2)26-17-7-5-4-6-15(17)19(24)22-21-18(23)11-25-14-8-9-16(20)13(3)10-14/h4-10,12H,11H2,1-3H3,(H,21,23)(H,22,24). The van der Waals surface area contributed by atoms with Gasteiger partial charge in [0.2, 0.25) is 0 Å². The van der Waals surface area contributed by atoms with Crippen molar-refractivity contribution in [1.29, 1.82) is 0 Å². The minimum atomic E-state index is -0.471. The first kappa shape index (κ1) is 19.8. The molecular weight excluding hydrogens is 400 g/mol. The van der Waals surface area contributed by atoms with Gasteiger partial charge in [-0.25, -0.2) is 0 Å². The number of hydrazine groups is 1. The number of aryl methyl sites for hydroxylation is 1. The first-order valence-electron chi connectivity index (χ1n) is 8.10. The molecular formula is C19H21BrN2O4. The van der Waals surface area contributed by atoms with Gasteiger partial charge in [-0.3, -0.25) is 20.4 Å². The minimum Gasteiger partial charge on any atom is -0.490 e. The molecule has 7 heteroatoms. The van der Waals surface area contributed by atoms with Crippen LogP contribution in [0.25, 0.3) is 0 Å². The Morgan fingerprint density at radius 2 is 1.85 bits per heavy atom. The van der Waals surface area contributed by atoms with E-state index in [0.717, 1.165) is 10.0 Å². The Kier molecular flexibility index (Phi) is 7.03. The topological polar surface area (TPSA) is 76.7 Å². The molecule has 0 aliphatic carbocycles. The number of rotatable bonds is 6. The normalized spacial score (nSPS) is 10.3. The van der Waals surface area contributed by atoms with Crippen LogP contribution in [0.15, 0.2) is 46.9 Å². The van der Waals surface area contributed by atoms with Gasteiger partial charge < -0.3 is 9.47 Å². The third-order valence-electron chi connectivity index (χ3n) is 3.31. The van der Waals surface area contributed by atoms with E-state index >= 15 is 0 Å². The fraction of sp³-hybridized carbons (Fsp3) is 0.263. The number of benzene rings is 2. The molecule has 0 aliphatic rings. The number of halogens is 1. The van der Waals surface area contributed by atoms with E-state index in [2.05, 4.69) is 26.8 Å². The number of ether oxygens (including phenoxy) is 2. The van der Waals surface area contributed by atoms with E-state index in [4.69, 9.17) is 9.47 Å². The van der Waals surface area contributed by atoms with Gasteiger partial charge in [0.05, 0.1) is 11.7 Å². The molecule has 0 radical (unpaired) electrons. The van der Waals surface area contributed by atoms with Crippen molar-refractivity contribution in [2.24, 2.45) is 0 Å². The molecule has 0 spiro atoms. The summed E-state index contributed by atoms with van der Waals surface area (Å²) in [5.74, 6) is 0.0916. The van der Waals surface area contributed by atoms with E-state index in [0.29, 0.717) is 17.1 Å². The summed E-state index contributed by atoms with van der Waals surface area (Å²) in [5.41, 5.74) is 6.03. The summed E-state index contributed by atoms with van der Waals surface area (Å²) >= 11 is 3.40. The Bertz CT molecular complexity index is 793. The highest BCUT2D eigenvalue weighted by Gasteiger charge is 2.14. The van der Waals surface area contributed by atoms with Gasteiger partial charge in [-0.15, -0.1) is 0 Å². The number of amides is 2. The molecule has 0 saturated heterocycles. The molecule has 0 atom stereocenters. The molecule has 0 fully saturated rings. The number of hydrogen-bond acceptors (Lipinski definition) is 4. The number of carbonyl (C=O) groups is 2. The van der Waals surface area contributed by atoms with Crippen molar-refractivity contribution in [3.63, 3.8) is 0 Å². The van der Waals surface area contributed by atoms with Crippen LogP contribution in [0.2, 0.25) is 0 Å². The maximum Gasteiger partial charge on any atom is 0.276 e. The van der Waals surface area contributed by atoms with Crippen LogP contribution in [0, 0.1) is 6.92 Å². The molecule has 2 amide bonds. The minimum absolute atomic E-state index is 0.0682. The summed E-state index contributed by atoms with van der Waals surface area (Å²) in [6.45, 7) is 5.45. The average molecular weight is 421 g/mol. The van der Waals surface area contributed by atoms with Crippen LogP contribution in [0.3, 0.4) is 0 Å². The SMILES string of the molecule is Cc1cc(OCC(=O)NNC(=O)c2ccccc2OC(C)C)ccc1Br. The Morgan fingerprint density at radius 3 is 2.54 bits per heavy atom. The fourth-order valence-corrected chi connectivity index (χ4v) is 2.34. The molecule has 2 rings (SSSR count). The van der Waals surface area contributed by atoms with Gasteiger partial charge in [-0.05, 0) is 56.7 Å². The van der Waals surface area contributed by atoms with Crippen LogP contribution >= 0.6 is 15.9 Å². The fourth-order valence-electron chi connectivity index (χ4n) is 2.10. The van der Waals surface area contributed by atoms with Crippen molar-refractivity contribution in [3.05, 3.63) is 58.1 Å². The summed E-state index contributed by atoms with van der Waals surface area (Å²) in [7, 11) is 0. The molecule has 0 unspecified atom stereocenters. The second-order valence-electron chi connectivity index (χ2n) is 5.86. The predicted octanol–water partition coefficient (Wildman–Crippen LogP) is 3.38. The zero-order valence-corrected chi connectivity index (χ0v) is 16.4. The second-order valence-corrected chi connectivity index (χ2v) is 6.72. The van der Waals surface area contributed by atoms with Crippen molar-refractivity contribution in [3.8, 4) is 11.5 Å². The first-order valence-corrected chi connectivity index (χ1v) is 8.90. The lowest BCUT2D eigenvalue weighted by Crippen LogP contribution is -2.44. The van der Waals surface area contributed by atoms with Gasteiger partial charge in [0.25, 0.3) is 11.8 Å². The molecule has 0 bridgehead atoms. The predicted molar refractivity (Wildman–Crippen MR) is 102 cm³/mol. The molecule has 26 heavy (non-hydrogen) atoms. The Hall–Kier alpha value is -2.54.